The van der Waals surface area contributed by atoms with E-state index in [1.807, 2.05) is 12.1 Å². The molecule has 1 aromatic heterocycles. The summed E-state index contributed by atoms with van der Waals surface area (Å²) >= 11 is 0. The fourth-order valence-corrected chi connectivity index (χ4v) is 5.80. The first-order valence-corrected chi connectivity index (χ1v) is 12.7. The average molecular weight is 505 g/mol. The normalized spacial score (nSPS) is 24.8. The monoisotopic (exact) mass is 504 g/mol. The number of aromatic nitrogens is 2. The Bertz CT molecular complexity index is 1330. The first kappa shape index (κ1) is 23.5. The standard InChI is InChI=1S/C26H28N6O5/c1-30-11-9-17(13-30)15-4-2-5-16(12-15)23-28-21(37-29-23)14-31-10-3-6-18-22(31)26(36)32(25(18)35)19-7-8-20(33)27-24(19)34/h2,4-5,12,17,19H,3,6-11,13-14H2,1H3,(H,27,33,34). The van der Waals surface area contributed by atoms with Gasteiger partial charge in [0.15, 0.2) is 0 Å². The number of hydrogen-bond acceptors (Lipinski definition) is 9. The Kier molecular flexibility index (Phi) is 5.86. The van der Waals surface area contributed by atoms with Crippen molar-refractivity contribution in [1.82, 2.24) is 30.2 Å². The van der Waals surface area contributed by atoms with Crippen LogP contribution in [0.4, 0.5) is 0 Å². The molecule has 2 atom stereocenters. The van der Waals surface area contributed by atoms with Crippen LogP contribution in [-0.2, 0) is 25.7 Å². The zero-order valence-electron chi connectivity index (χ0n) is 20.6. The van der Waals surface area contributed by atoms with E-state index < -0.39 is 29.7 Å². The van der Waals surface area contributed by atoms with Gasteiger partial charge in [-0.1, -0.05) is 23.4 Å². The molecule has 2 unspecified atom stereocenters. The van der Waals surface area contributed by atoms with Gasteiger partial charge in [-0.3, -0.25) is 29.4 Å². The first-order chi connectivity index (χ1) is 17.9. The number of imide groups is 2. The zero-order valence-corrected chi connectivity index (χ0v) is 20.6. The van der Waals surface area contributed by atoms with Gasteiger partial charge in [0.2, 0.25) is 23.5 Å². The number of carbonyl (C=O) groups excluding carboxylic acids is 4. The maximum absolute atomic E-state index is 13.4. The Morgan fingerprint density at radius 1 is 1.08 bits per heavy atom. The van der Waals surface area contributed by atoms with Crippen LogP contribution in [0.25, 0.3) is 11.4 Å². The van der Waals surface area contributed by atoms with Gasteiger partial charge < -0.3 is 14.3 Å². The Balaban J connectivity index is 1.20. The quantitative estimate of drug-likeness (QED) is 0.597. The third kappa shape index (κ3) is 4.22. The van der Waals surface area contributed by atoms with E-state index in [-0.39, 0.29) is 25.1 Å². The average Bonchev–Trinajstić information content (AvgIpc) is 3.59. The maximum atomic E-state index is 13.4. The van der Waals surface area contributed by atoms with E-state index in [4.69, 9.17) is 4.52 Å². The summed E-state index contributed by atoms with van der Waals surface area (Å²) < 4.78 is 5.54. The molecule has 2 fully saturated rings. The molecule has 6 rings (SSSR count). The summed E-state index contributed by atoms with van der Waals surface area (Å²) in [6.45, 7) is 2.83. The van der Waals surface area contributed by atoms with Gasteiger partial charge in [-0.15, -0.1) is 0 Å². The number of likely N-dealkylation sites (tertiary alicyclic amines) is 1. The highest BCUT2D eigenvalue weighted by atomic mass is 16.5. The van der Waals surface area contributed by atoms with Gasteiger partial charge in [-0.25, -0.2) is 0 Å². The molecule has 1 aromatic carbocycles. The fourth-order valence-electron chi connectivity index (χ4n) is 5.80. The lowest BCUT2D eigenvalue weighted by atomic mass is 9.96. The van der Waals surface area contributed by atoms with Crippen molar-refractivity contribution in [2.75, 3.05) is 26.7 Å². The van der Waals surface area contributed by atoms with E-state index in [2.05, 4.69) is 39.5 Å². The third-order valence-electron chi connectivity index (χ3n) is 7.68. The van der Waals surface area contributed by atoms with E-state index in [0.717, 1.165) is 30.0 Å². The van der Waals surface area contributed by atoms with E-state index in [1.165, 1.54) is 5.56 Å². The Morgan fingerprint density at radius 2 is 1.95 bits per heavy atom. The van der Waals surface area contributed by atoms with Gasteiger partial charge in [0.1, 0.15) is 11.7 Å². The van der Waals surface area contributed by atoms with Crippen molar-refractivity contribution in [3.63, 3.8) is 0 Å². The second-order valence-corrected chi connectivity index (χ2v) is 10.2. The van der Waals surface area contributed by atoms with E-state index in [0.29, 0.717) is 42.6 Å². The fraction of sp³-hybridized carbons (Fsp3) is 0.462. The number of likely N-dealkylation sites (N-methyl/N-ethyl adjacent to an activating group) is 1. The highest BCUT2D eigenvalue weighted by Gasteiger charge is 2.48. The van der Waals surface area contributed by atoms with Gasteiger partial charge in [-0.05, 0) is 56.8 Å². The summed E-state index contributed by atoms with van der Waals surface area (Å²) in [5.41, 5.74) is 2.81. The van der Waals surface area contributed by atoms with Crippen LogP contribution in [0, 0.1) is 0 Å². The highest BCUT2D eigenvalue weighted by Crippen LogP contribution is 2.35. The Labute approximate surface area is 213 Å². The molecule has 1 N–H and O–H groups in total. The summed E-state index contributed by atoms with van der Waals surface area (Å²) in [4.78, 5) is 60.1. The number of rotatable bonds is 5. The van der Waals surface area contributed by atoms with Crippen LogP contribution in [-0.4, -0.2) is 81.2 Å². The van der Waals surface area contributed by atoms with Crippen molar-refractivity contribution in [3.8, 4) is 11.4 Å². The minimum atomic E-state index is -0.980. The lowest BCUT2D eigenvalue weighted by molar-refractivity contribution is -0.150. The second kappa shape index (κ2) is 9.22. The van der Waals surface area contributed by atoms with Crippen molar-refractivity contribution in [3.05, 3.63) is 47.0 Å². The van der Waals surface area contributed by atoms with Crippen molar-refractivity contribution in [2.24, 2.45) is 0 Å². The molecule has 11 heteroatoms. The number of benzene rings is 1. The molecule has 0 radical (unpaired) electrons. The number of carbonyl (C=O) groups is 4. The number of hydrogen-bond donors (Lipinski definition) is 1. The third-order valence-corrected chi connectivity index (χ3v) is 7.68. The van der Waals surface area contributed by atoms with Gasteiger partial charge >= 0.3 is 0 Å². The lowest BCUT2D eigenvalue weighted by Crippen LogP contribution is -2.55. The Hall–Kier alpha value is -3.86. The zero-order chi connectivity index (χ0) is 25.7. The van der Waals surface area contributed by atoms with Crippen LogP contribution in [0.1, 0.15) is 49.5 Å². The number of amides is 4. The molecule has 4 amide bonds. The summed E-state index contributed by atoms with van der Waals surface area (Å²) in [6.07, 6.45) is 2.47. The van der Waals surface area contributed by atoms with Gasteiger partial charge in [-0.2, -0.15) is 4.98 Å². The molecule has 2 aromatic rings. The topological polar surface area (TPSA) is 129 Å². The van der Waals surface area contributed by atoms with Gasteiger partial charge in [0, 0.05) is 30.6 Å². The van der Waals surface area contributed by atoms with Gasteiger partial charge in [0.25, 0.3) is 11.8 Å². The maximum Gasteiger partial charge on any atom is 0.278 e. The van der Waals surface area contributed by atoms with Crippen LogP contribution in [0.2, 0.25) is 0 Å². The minimum absolute atomic E-state index is 0.0885. The van der Waals surface area contributed by atoms with E-state index in [1.54, 1.807) is 4.90 Å². The number of nitrogens with zero attached hydrogens (tertiary/aromatic N) is 5. The van der Waals surface area contributed by atoms with E-state index in [9.17, 15) is 19.2 Å². The number of nitrogens with one attached hydrogen (secondary N) is 1. The lowest BCUT2D eigenvalue weighted by Gasteiger charge is -2.29. The summed E-state index contributed by atoms with van der Waals surface area (Å²) in [7, 11) is 2.13. The van der Waals surface area contributed by atoms with Crippen LogP contribution in [0.15, 0.2) is 40.1 Å². The molecular weight excluding hydrogens is 476 g/mol. The summed E-state index contributed by atoms with van der Waals surface area (Å²) in [5.74, 6) is -0.676. The summed E-state index contributed by atoms with van der Waals surface area (Å²) in [6, 6.07) is 7.22. The largest absolute Gasteiger partial charge is 0.357 e. The van der Waals surface area contributed by atoms with Crippen LogP contribution in [0.5, 0.6) is 0 Å². The second-order valence-electron chi connectivity index (χ2n) is 10.2. The van der Waals surface area contributed by atoms with Crippen molar-refractivity contribution >= 4 is 23.6 Å². The predicted molar refractivity (Wildman–Crippen MR) is 129 cm³/mol. The minimum Gasteiger partial charge on any atom is -0.357 e. The molecule has 5 heterocycles. The predicted octanol–water partition coefficient (Wildman–Crippen LogP) is 1.18. The molecule has 0 bridgehead atoms. The van der Waals surface area contributed by atoms with Gasteiger partial charge in [0.05, 0.1) is 6.54 Å². The van der Waals surface area contributed by atoms with Crippen LogP contribution in [0.3, 0.4) is 0 Å². The summed E-state index contributed by atoms with van der Waals surface area (Å²) in [5, 5.41) is 6.40. The molecule has 192 valence electrons. The molecule has 0 spiro atoms. The smallest absolute Gasteiger partial charge is 0.278 e. The molecule has 2 saturated heterocycles. The van der Waals surface area contributed by atoms with Crippen molar-refractivity contribution in [2.45, 2.75) is 50.6 Å². The molecule has 4 aliphatic heterocycles. The van der Waals surface area contributed by atoms with E-state index >= 15 is 0 Å². The van der Waals surface area contributed by atoms with Crippen molar-refractivity contribution < 1.29 is 23.7 Å². The molecule has 0 saturated carbocycles. The van der Waals surface area contributed by atoms with Crippen LogP contribution < -0.4 is 5.32 Å². The first-order valence-electron chi connectivity index (χ1n) is 12.7. The molecule has 37 heavy (non-hydrogen) atoms. The Morgan fingerprint density at radius 3 is 2.73 bits per heavy atom. The molecule has 4 aliphatic rings. The molecule has 0 aliphatic carbocycles. The molecule has 11 nitrogen and oxygen atoms in total. The van der Waals surface area contributed by atoms with Crippen LogP contribution >= 0.6 is 0 Å². The molecular formula is C26H28N6O5. The number of piperidine rings is 1. The SMILES string of the molecule is CN1CCC(c2cccc(-c3noc(CN4CCCC5=C4C(=O)N(C4CCC(=O)NC4=O)C5=O)n3)c2)C1. The van der Waals surface area contributed by atoms with Crippen molar-refractivity contribution in [1.29, 1.82) is 0 Å². The highest BCUT2D eigenvalue weighted by molar-refractivity contribution is 6.21.